The zero-order valence-electron chi connectivity index (χ0n) is 11.8. The number of ether oxygens (including phenoxy) is 2. The van der Waals surface area contributed by atoms with Crippen LogP contribution >= 0.6 is 0 Å². The molecule has 1 amide bonds. The van der Waals surface area contributed by atoms with Gasteiger partial charge in [0.15, 0.2) is 11.5 Å². The van der Waals surface area contributed by atoms with Crippen LogP contribution < -0.4 is 14.8 Å². The number of amides is 1. The van der Waals surface area contributed by atoms with Crippen molar-refractivity contribution in [1.29, 1.82) is 5.26 Å². The van der Waals surface area contributed by atoms with Crippen LogP contribution in [-0.4, -0.2) is 27.5 Å². The highest BCUT2D eigenvalue weighted by molar-refractivity contribution is 5.76. The molecule has 0 aliphatic carbocycles. The summed E-state index contributed by atoms with van der Waals surface area (Å²) in [5.41, 5.74) is 0.911. The van der Waals surface area contributed by atoms with E-state index < -0.39 is 0 Å². The molecule has 0 bridgehead atoms. The van der Waals surface area contributed by atoms with Crippen LogP contribution in [0, 0.1) is 11.3 Å². The number of nitriles is 1. The second kappa shape index (κ2) is 5.73. The van der Waals surface area contributed by atoms with E-state index in [0.717, 1.165) is 5.56 Å². The third kappa shape index (κ3) is 2.83. The molecule has 1 aromatic carbocycles. The highest BCUT2D eigenvalue weighted by atomic mass is 16.7. The third-order valence-electron chi connectivity index (χ3n) is 3.22. The van der Waals surface area contributed by atoms with Gasteiger partial charge in [0.25, 0.3) is 5.82 Å². The van der Waals surface area contributed by atoms with E-state index in [1.165, 1.54) is 11.0 Å². The van der Waals surface area contributed by atoms with Crippen LogP contribution in [0.3, 0.4) is 0 Å². The van der Waals surface area contributed by atoms with Crippen molar-refractivity contribution in [2.75, 3.05) is 6.79 Å². The van der Waals surface area contributed by atoms with Crippen LogP contribution in [0.1, 0.15) is 24.4 Å². The topological polar surface area (TPSA) is 102 Å². The molecular weight excluding hydrogens is 286 g/mol. The summed E-state index contributed by atoms with van der Waals surface area (Å²) in [4.78, 5) is 15.7. The van der Waals surface area contributed by atoms with E-state index in [4.69, 9.17) is 14.7 Å². The fourth-order valence-electron chi connectivity index (χ4n) is 2.12. The minimum Gasteiger partial charge on any atom is -0.454 e. The van der Waals surface area contributed by atoms with Gasteiger partial charge in [0.2, 0.25) is 12.7 Å². The van der Waals surface area contributed by atoms with Crippen LogP contribution in [-0.2, 0) is 11.3 Å². The molecule has 3 rings (SSSR count). The van der Waals surface area contributed by atoms with E-state index in [1.54, 1.807) is 0 Å². The molecule has 22 heavy (non-hydrogen) atoms. The van der Waals surface area contributed by atoms with Gasteiger partial charge in [-0.1, -0.05) is 6.07 Å². The van der Waals surface area contributed by atoms with Crippen molar-refractivity contribution in [3.05, 3.63) is 35.9 Å². The van der Waals surface area contributed by atoms with E-state index in [0.29, 0.717) is 11.5 Å². The number of benzene rings is 1. The van der Waals surface area contributed by atoms with E-state index in [-0.39, 0.29) is 31.1 Å². The minimum absolute atomic E-state index is 0.00354. The Hall–Kier alpha value is -3.08. The first-order valence-corrected chi connectivity index (χ1v) is 6.64. The zero-order chi connectivity index (χ0) is 15.5. The molecule has 1 aliphatic heterocycles. The molecular formula is C14H13N5O3. The van der Waals surface area contributed by atoms with Gasteiger partial charge in [0.05, 0.1) is 6.04 Å². The van der Waals surface area contributed by atoms with E-state index in [2.05, 4.69) is 15.4 Å². The summed E-state index contributed by atoms with van der Waals surface area (Å²) in [5.74, 6) is 1.19. The standard InChI is InChI=1S/C14H13N5O3/c1-9(10-2-3-11-12(4-10)22-8-21-11)17-14(20)6-19-7-16-13(5-15)18-19/h2-4,7,9H,6,8H2,1H3,(H,17,20). The Morgan fingerprint density at radius 1 is 1.50 bits per heavy atom. The molecule has 2 heterocycles. The first kappa shape index (κ1) is 13.9. The van der Waals surface area contributed by atoms with E-state index in [1.807, 2.05) is 31.2 Å². The summed E-state index contributed by atoms with van der Waals surface area (Å²) < 4.78 is 11.9. The van der Waals surface area contributed by atoms with Crippen LogP contribution in [0.5, 0.6) is 11.5 Å². The average molecular weight is 299 g/mol. The largest absolute Gasteiger partial charge is 0.454 e. The Balaban J connectivity index is 1.62. The summed E-state index contributed by atoms with van der Waals surface area (Å²) >= 11 is 0. The number of rotatable bonds is 4. The number of carbonyl (C=O) groups is 1. The predicted octanol–water partition coefficient (Wildman–Crippen LogP) is 0.756. The van der Waals surface area contributed by atoms with Crippen molar-refractivity contribution in [1.82, 2.24) is 20.1 Å². The summed E-state index contributed by atoms with van der Waals surface area (Å²) in [6.07, 6.45) is 1.35. The maximum absolute atomic E-state index is 12.0. The molecule has 1 aromatic heterocycles. The average Bonchev–Trinajstić information content (AvgIpc) is 3.14. The fourth-order valence-corrected chi connectivity index (χ4v) is 2.12. The molecule has 0 saturated heterocycles. The highest BCUT2D eigenvalue weighted by Crippen LogP contribution is 2.34. The molecule has 2 aromatic rings. The Morgan fingerprint density at radius 3 is 3.09 bits per heavy atom. The van der Waals surface area contributed by atoms with Gasteiger partial charge in [-0.05, 0) is 24.6 Å². The SMILES string of the molecule is CC(NC(=O)Cn1cnc(C#N)n1)c1ccc2c(c1)OCO2. The van der Waals surface area contributed by atoms with Gasteiger partial charge in [-0.15, -0.1) is 5.10 Å². The normalized spacial score (nSPS) is 13.5. The van der Waals surface area contributed by atoms with Crippen molar-refractivity contribution in [2.45, 2.75) is 19.5 Å². The number of aromatic nitrogens is 3. The molecule has 0 spiro atoms. The molecule has 0 saturated carbocycles. The van der Waals surface area contributed by atoms with Gasteiger partial charge in [0, 0.05) is 0 Å². The molecule has 1 atom stereocenters. The van der Waals surface area contributed by atoms with Gasteiger partial charge >= 0.3 is 0 Å². The van der Waals surface area contributed by atoms with Crippen molar-refractivity contribution in [2.24, 2.45) is 0 Å². The second-order valence-corrected chi connectivity index (χ2v) is 4.78. The number of nitrogens with zero attached hydrogens (tertiary/aromatic N) is 4. The molecule has 8 nitrogen and oxygen atoms in total. The quantitative estimate of drug-likeness (QED) is 0.894. The highest BCUT2D eigenvalue weighted by Gasteiger charge is 2.17. The molecule has 0 fully saturated rings. The Morgan fingerprint density at radius 2 is 2.32 bits per heavy atom. The number of fused-ring (bicyclic) bond motifs is 1. The lowest BCUT2D eigenvalue weighted by Gasteiger charge is -2.14. The summed E-state index contributed by atoms with van der Waals surface area (Å²) in [6.45, 7) is 2.09. The summed E-state index contributed by atoms with van der Waals surface area (Å²) in [5, 5.41) is 15.3. The number of hydrogen-bond donors (Lipinski definition) is 1. The first-order valence-electron chi connectivity index (χ1n) is 6.64. The lowest BCUT2D eigenvalue weighted by molar-refractivity contribution is -0.122. The van der Waals surface area contributed by atoms with Crippen molar-refractivity contribution >= 4 is 5.91 Å². The summed E-state index contributed by atoms with van der Waals surface area (Å²) in [7, 11) is 0. The molecule has 8 heteroatoms. The molecule has 1 N–H and O–H groups in total. The third-order valence-corrected chi connectivity index (χ3v) is 3.22. The fraction of sp³-hybridized carbons (Fsp3) is 0.286. The van der Waals surface area contributed by atoms with Crippen LogP contribution in [0.15, 0.2) is 24.5 Å². The van der Waals surface area contributed by atoms with E-state index >= 15 is 0 Å². The van der Waals surface area contributed by atoms with Crippen LogP contribution in [0.2, 0.25) is 0 Å². The minimum atomic E-state index is -0.223. The maximum atomic E-state index is 12.0. The van der Waals surface area contributed by atoms with Crippen LogP contribution in [0.25, 0.3) is 0 Å². The summed E-state index contributed by atoms with van der Waals surface area (Å²) in [6, 6.07) is 7.15. The maximum Gasteiger partial charge on any atom is 0.252 e. The van der Waals surface area contributed by atoms with Crippen LogP contribution in [0.4, 0.5) is 0 Å². The zero-order valence-corrected chi connectivity index (χ0v) is 11.8. The van der Waals surface area contributed by atoms with Gasteiger partial charge in [-0.25, -0.2) is 9.67 Å². The Labute approximate surface area is 126 Å². The van der Waals surface area contributed by atoms with Crippen molar-refractivity contribution in [3.8, 4) is 17.6 Å². The Bertz CT molecular complexity index is 749. The predicted molar refractivity (Wildman–Crippen MR) is 73.9 cm³/mol. The molecule has 0 radical (unpaired) electrons. The Kier molecular flexibility index (Phi) is 3.62. The molecule has 1 unspecified atom stereocenters. The van der Waals surface area contributed by atoms with Gasteiger partial charge in [-0.3, -0.25) is 4.79 Å². The molecule has 112 valence electrons. The first-order chi connectivity index (χ1) is 10.7. The van der Waals surface area contributed by atoms with E-state index in [9.17, 15) is 4.79 Å². The number of hydrogen-bond acceptors (Lipinski definition) is 6. The monoisotopic (exact) mass is 299 g/mol. The lowest BCUT2D eigenvalue weighted by atomic mass is 10.1. The van der Waals surface area contributed by atoms with Crippen molar-refractivity contribution < 1.29 is 14.3 Å². The number of carbonyl (C=O) groups excluding carboxylic acids is 1. The smallest absolute Gasteiger partial charge is 0.252 e. The van der Waals surface area contributed by atoms with Gasteiger partial charge < -0.3 is 14.8 Å². The second-order valence-electron chi connectivity index (χ2n) is 4.78. The lowest BCUT2D eigenvalue weighted by Crippen LogP contribution is -2.30. The van der Waals surface area contributed by atoms with Crippen molar-refractivity contribution in [3.63, 3.8) is 0 Å². The number of nitrogens with one attached hydrogen (secondary N) is 1. The van der Waals surface area contributed by atoms with Gasteiger partial charge in [-0.2, -0.15) is 5.26 Å². The molecule has 1 aliphatic rings. The van der Waals surface area contributed by atoms with Gasteiger partial charge in [0.1, 0.15) is 18.9 Å².